The third kappa shape index (κ3) is 2.71. The quantitative estimate of drug-likeness (QED) is 0.895. The molecule has 2 rings (SSSR count). The Hall–Kier alpha value is -2.01. The van der Waals surface area contributed by atoms with Crippen molar-refractivity contribution in [2.24, 2.45) is 0 Å². The lowest BCUT2D eigenvalue weighted by Gasteiger charge is -2.25. The van der Waals surface area contributed by atoms with Crippen molar-refractivity contribution < 1.29 is 13.9 Å². The van der Waals surface area contributed by atoms with E-state index in [9.17, 15) is 13.9 Å². The molecule has 19 heavy (non-hydrogen) atoms. The fraction of sp³-hybridized carbons (Fsp3) is 0.214. The summed E-state index contributed by atoms with van der Waals surface area (Å²) >= 11 is 0. The molecule has 0 aliphatic heterocycles. The summed E-state index contributed by atoms with van der Waals surface area (Å²) in [5.41, 5.74) is 5.12. The average Bonchev–Trinajstić information content (AvgIpc) is 2.35. The van der Waals surface area contributed by atoms with E-state index in [1.165, 1.54) is 31.5 Å². The number of hydrogen-bond donors (Lipinski definition) is 2. The molecule has 0 saturated heterocycles. The highest BCUT2D eigenvalue weighted by atomic mass is 19.2. The van der Waals surface area contributed by atoms with Crippen molar-refractivity contribution in [3.05, 3.63) is 59.4 Å². The number of nitrogen functional groups attached to an aromatic ring is 1. The molecule has 0 amide bonds. The predicted octanol–water partition coefficient (Wildman–Crippen LogP) is 2.39. The Balaban J connectivity index is 2.38. The standard InChI is InChI=1S/C14H14F2N2O/c1-14(19,7-9-8-18-6-5-12(9)17)10-3-2-4-11(15)13(10)16/h2-6,8,19H,7H2,1H3,(H2,17,18). The van der Waals surface area contributed by atoms with Crippen LogP contribution in [0.3, 0.4) is 0 Å². The minimum atomic E-state index is -1.57. The van der Waals surface area contributed by atoms with Gasteiger partial charge < -0.3 is 10.8 Å². The molecule has 2 aromatic rings. The Bertz CT molecular complexity index is 600. The molecule has 0 aliphatic carbocycles. The lowest BCUT2D eigenvalue weighted by Crippen LogP contribution is -2.26. The summed E-state index contributed by atoms with van der Waals surface area (Å²) in [6.45, 7) is 1.41. The van der Waals surface area contributed by atoms with E-state index in [0.29, 0.717) is 11.3 Å². The molecule has 1 heterocycles. The van der Waals surface area contributed by atoms with Gasteiger partial charge in [0.1, 0.15) is 0 Å². The molecular formula is C14H14F2N2O. The second kappa shape index (κ2) is 4.93. The highest BCUT2D eigenvalue weighted by Gasteiger charge is 2.29. The molecule has 0 saturated carbocycles. The van der Waals surface area contributed by atoms with Gasteiger partial charge in [-0.2, -0.15) is 0 Å². The van der Waals surface area contributed by atoms with Crippen molar-refractivity contribution in [3.8, 4) is 0 Å². The van der Waals surface area contributed by atoms with Gasteiger partial charge in [-0.3, -0.25) is 4.98 Å². The van der Waals surface area contributed by atoms with Crippen LogP contribution in [0.2, 0.25) is 0 Å². The van der Waals surface area contributed by atoms with Crippen LogP contribution in [-0.4, -0.2) is 10.1 Å². The van der Waals surface area contributed by atoms with E-state index in [0.717, 1.165) is 6.07 Å². The molecular weight excluding hydrogens is 250 g/mol. The summed E-state index contributed by atoms with van der Waals surface area (Å²) < 4.78 is 26.9. The van der Waals surface area contributed by atoms with Gasteiger partial charge in [0.25, 0.3) is 0 Å². The van der Waals surface area contributed by atoms with Gasteiger partial charge in [-0.25, -0.2) is 8.78 Å². The van der Waals surface area contributed by atoms with Gasteiger partial charge in [0, 0.05) is 30.1 Å². The molecule has 3 nitrogen and oxygen atoms in total. The topological polar surface area (TPSA) is 59.1 Å². The monoisotopic (exact) mass is 264 g/mol. The first kappa shape index (κ1) is 13.4. The van der Waals surface area contributed by atoms with Crippen LogP contribution in [0.4, 0.5) is 14.5 Å². The second-order valence-electron chi connectivity index (χ2n) is 4.63. The Labute approximate surface area is 109 Å². The maximum absolute atomic E-state index is 13.7. The SMILES string of the molecule is CC(O)(Cc1cnccc1N)c1cccc(F)c1F. The minimum absolute atomic E-state index is 0.0487. The number of aliphatic hydroxyl groups is 1. The van der Waals surface area contributed by atoms with Crippen LogP contribution in [0.25, 0.3) is 0 Å². The first-order valence-electron chi connectivity index (χ1n) is 5.77. The molecule has 5 heteroatoms. The van der Waals surface area contributed by atoms with Gasteiger partial charge in [0.2, 0.25) is 0 Å². The maximum Gasteiger partial charge on any atom is 0.164 e. The van der Waals surface area contributed by atoms with Crippen molar-refractivity contribution in [2.45, 2.75) is 18.9 Å². The Morgan fingerprint density at radius 1 is 1.32 bits per heavy atom. The zero-order valence-electron chi connectivity index (χ0n) is 10.4. The van der Waals surface area contributed by atoms with Gasteiger partial charge in [-0.1, -0.05) is 12.1 Å². The summed E-state index contributed by atoms with van der Waals surface area (Å²) in [6, 6.07) is 5.31. The molecule has 0 aliphatic rings. The van der Waals surface area contributed by atoms with Crippen LogP contribution >= 0.6 is 0 Å². The van der Waals surface area contributed by atoms with E-state index in [4.69, 9.17) is 5.73 Å². The second-order valence-corrected chi connectivity index (χ2v) is 4.63. The lowest BCUT2D eigenvalue weighted by molar-refractivity contribution is 0.0531. The third-order valence-corrected chi connectivity index (χ3v) is 3.01. The van der Waals surface area contributed by atoms with Crippen LogP contribution < -0.4 is 5.73 Å². The average molecular weight is 264 g/mol. The first-order valence-corrected chi connectivity index (χ1v) is 5.77. The molecule has 1 atom stereocenters. The van der Waals surface area contributed by atoms with E-state index >= 15 is 0 Å². The zero-order valence-corrected chi connectivity index (χ0v) is 10.4. The number of halogens is 2. The molecule has 0 spiro atoms. The van der Waals surface area contributed by atoms with Gasteiger partial charge in [-0.15, -0.1) is 0 Å². The van der Waals surface area contributed by atoms with Crippen LogP contribution in [0, 0.1) is 11.6 Å². The normalized spacial score (nSPS) is 14.1. The van der Waals surface area contributed by atoms with Crippen LogP contribution in [0.5, 0.6) is 0 Å². The largest absolute Gasteiger partial charge is 0.398 e. The molecule has 3 N–H and O–H groups in total. The summed E-state index contributed by atoms with van der Waals surface area (Å²) in [5.74, 6) is -2.04. The van der Waals surface area contributed by atoms with E-state index in [1.54, 1.807) is 6.07 Å². The maximum atomic E-state index is 13.7. The first-order chi connectivity index (χ1) is 8.92. The van der Waals surface area contributed by atoms with E-state index in [1.807, 2.05) is 0 Å². The predicted molar refractivity (Wildman–Crippen MR) is 68.3 cm³/mol. The molecule has 0 bridgehead atoms. The summed E-state index contributed by atoms with van der Waals surface area (Å²) in [6.07, 6.45) is 3.07. The highest BCUT2D eigenvalue weighted by molar-refractivity contribution is 5.45. The van der Waals surface area contributed by atoms with Crippen LogP contribution in [-0.2, 0) is 12.0 Å². The van der Waals surface area contributed by atoms with Gasteiger partial charge in [0.05, 0.1) is 5.60 Å². The third-order valence-electron chi connectivity index (χ3n) is 3.01. The lowest BCUT2D eigenvalue weighted by atomic mass is 9.88. The van der Waals surface area contributed by atoms with E-state index in [-0.39, 0.29) is 12.0 Å². The minimum Gasteiger partial charge on any atom is -0.398 e. The number of anilines is 1. The van der Waals surface area contributed by atoms with E-state index in [2.05, 4.69) is 4.98 Å². The Morgan fingerprint density at radius 3 is 2.74 bits per heavy atom. The molecule has 0 radical (unpaired) electrons. The van der Waals surface area contributed by atoms with Gasteiger partial charge in [0.15, 0.2) is 11.6 Å². The number of hydrogen-bond acceptors (Lipinski definition) is 3. The summed E-state index contributed by atoms with van der Waals surface area (Å²) in [5, 5.41) is 10.4. The smallest absolute Gasteiger partial charge is 0.164 e. The molecule has 0 fully saturated rings. The number of rotatable bonds is 3. The van der Waals surface area contributed by atoms with Crippen molar-refractivity contribution in [1.82, 2.24) is 4.98 Å². The Kier molecular flexibility index (Phi) is 3.48. The van der Waals surface area contributed by atoms with Crippen molar-refractivity contribution in [1.29, 1.82) is 0 Å². The number of pyridine rings is 1. The van der Waals surface area contributed by atoms with Gasteiger partial charge in [-0.05, 0) is 24.6 Å². The Morgan fingerprint density at radius 2 is 2.05 bits per heavy atom. The molecule has 1 unspecified atom stereocenters. The summed E-state index contributed by atoms with van der Waals surface area (Å²) in [7, 11) is 0. The van der Waals surface area contributed by atoms with Crippen LogP contribution in [0.1, 0.15) is 18.1 Å². The van der Waals surface area contributed by atoms with Crippen molar-refractivity contribution in [2.75, 3.05) is 5.73 Å². The highest BCUT2D eigenvalue weighted by Crippen LogP contribution is 2.29. The number of nitrogens with zero attached hydrogens (tertiary/aromatic N) is 1. The summed E-state index contributed by atoms with van der Waals surface area (Å²) in [4.78, 5) is 3.90. The fourth-order valence-corrected chi connectivity index (χ4v) is 1.97. The van der Waals surface area contributed by atoms with Crippen molar-refractivity contribution in [3.63, 3.8) is 0 Å². The van der Waals surface area contributed by atoms with Crippen molar-refractivity contribution >= 4 is 5.69 Å². The molecule has 1 aromatic heterocycles. The fourth-order valence-electron chi connectivity index (χ4n) is 1.97. The number of benzene rings is 1. The van der Waals surface area contributed by atoms with E-state index < -0.39 is 17.2 Å². The number of nitrogens with two attached hydrogens (primary N) is 1. The van der Waals surface area contributed by atoms with Gasteiger partial charge >= 0.3 is 0 Å². The molecule has 100 valence electrons. The number of aromatic nitrogens is 1. The van der Waals surface area contributed by atoms with Crippen LogP contribution in [0.15, 0.2) is 36.7 Å². The molecule has 1 aromatic carbocycles. The zero-order chi connectivity index (χ0) is 14.0.